The van der Waals surface area contributed by atoms with Gasteiger partial charge in [0.05, 0.1) is 23.5 Å². The normalized spacial score (nSPS) is 13.0. The van der Waals surface area contributed by atoms with Crippen molar-refractivity contribution in [1.82, 2.24) is 25.3 Å². The molecule has 9 heteroatoms. The Morgan fingerprint density at radius 2 is 1.76 bits per heavy atom. The summed E-state index contributed by atoms with van der Waals surface area (Å²) in [6.45, 7) is 0.367. The van der Waals surface area contributed by atoms with Gasteiger partial charge < -0.3 is 20.5 Å². The van der Waals surface area contributed by atoms with Crippen LogP contribution in [0.3, 0.4) is 0 Å². The van der Waals surface area contributed by atoms with Gasteiger partial charge in [-0.25, -0.2) is 4.98 Å². The predicted octanol–water partition coefficient (Wildman–Crippen LogP) is 5.33. The molecule has 6 rings (SSSR count). The van der Waals surface area contributed by atoms with Gasteiger partial charge in [0.25, 0.3) is 0 Å². The number of rotatable bonds is 8. The number of nitrogens with zero attached hydrogens (tertiary/aromatic N) is 5. The van der Waals surface area contributed by atoms with Gasteiger partial charge >= 0.3 is 0 Å². The van der Waals surface area contributed by atoms with Crippen molar-refractivity contribution < 1.29 is 4.52 Å². The molecule has 0 amide bonds. The van der Waals surface area contributed by atoms with E-state index < -0.39 is 0 Å². The van der Waals surface area contributed by atoms with Crippen LogP contribution in [0.5, 0.6) is 0 Å². The number of benzene rings is 2. The first-order chi connectivity index (χ1) is 18.0. The van der Waals surface area contributed by atoms with Crippen LogP contribution in [0.25, 0.3) is 33.8 Å². The molecule has 0 atom stereocenters. The van der Waals surface area contributed by atoms with Crippen molar-refractivity contribution in [1.29, 1.82) is 0 Å². The summed E-state index contributed by atoms with van der Waals surface area (Å²) in [5.41, 5.74) is 13.7. The zero-order valence-electron chi connectivity index (χ0n) is 20.8. The van der Waals surface area contributed by atoms with E-state index in [-0.39, 0.29) is 0 Å². The maximum Gasteiger partial charge on any atom is 0.225 e. The largest absolute Gasteiger partial charge is 0.383 e. The fourth-order valence-corrected chi connectivity index (χ4v) is 4.31. The number of hydrogen-bond acceptors (Lipinski definition) is 8. The van der Waals surface area contributed by atoms with E-state index in [1.54, 1.807) is 0 Å². The number of nitrogen functional groups attached to an aromatic ring is 1. The molecule has 2 aromatic carbocycles. The number of aromatic amines is 1. The van der Waals surface area contributed by atoms with E-state index >= 15 is 0 Å². The molecule has 1 saturated carbocycles. The number of nitrogens with two attached hydrogens (primary N) is 1. The van der Waals surface area contributed by atoms with Crippen LogP contribution in [0.2, 0.25) is 0 Å². The van der Waals surface area contributed by atoms with Gasteiger partial charge in [-0.05, 0) is 31.0 Å². The first kappa shape index (κ1) is 22.8. The Kier molecular flexibility index (Phi) is 5.80. The van der Waals surface area contributed by atoms with Crippen molar-refractivity contribution in [3.8, 4) is 33.8 Å². The van der Waals surface area contributed by atoms with Crippen LogP contribution in [0.15, 0.2) is 71.3 Å². The maximum absolute atomic E-state index is 6.53. The summed E-state index contributed by atoms with van der Waals surface area (Å²) in [7, 11) is 4.03. The third-order valence-corrected chi connectivity index (χ3v) is 6.51. The van der Waals surface area contributed by atoms with Crippen LogP contribution in [0.1, 0.15) is 30.2 Å². The van der Waals surface area contributed by atoms with Crippen LogP contribution in [0.4, 0.5) is 17.5 Å². The lowest BCUT2D eigenvalue weighted by molar-refractivity contribution is 0.390. The molecule has 1 aliphatic carbocycles. The molecular formula is C28H28N8O. The molecule has 1 fully saturated rings. The van der Waals surface area contributed by atoms with Crippen LogP contribution in [-0.2, 0) is 6.54 Å². The summed E-state index contributed by atoms with van der Waals surface area (Å²) >= 11 is 0. The summed E-state index contributed by atoms with van der Waals surface area (Å²) in [5.74, 6) is 1.99. The second-order valence-electron chi connectivity index (χ2n) is 9.48. The van der Waals surface area contributed by atoms with E-state index in [4.69, 9.17) is 15.2 Å². The molecule has 0 spiro atoms. The van der Waals surface area contributed by atoms with Crippen molar-refractivity contribution >= 4 is 17.5 Å². The van der Waals surface area contributed by atoms with E-state index in [1.807, 2.05) is 62.6 Å². The molecule has 0 unspecified atom stereocenters. The lowest BCUT2D eigenvalue weighted by Crippen LogP contribution is -2.09. The Bertz CT molecular complexity index is 1520. The van der Waals surface area contributed by atoms with Gasteiger partial charge in [0.1, 0.15) is 11.5 Å². The summed E-state index contributed by atoms with van der Waals surface area (Å²) in [6.07, 6.45) is 2.37. The average molecular weight is 493 g/mol. The van der Waals surface area contributed by atoms with Gasteiger partial charge in [-0.1, -0.05) is 47.6 Å². The minimum atomic E-state index is 0.362. The maximum atomic E-state index is 6.53. The van der Waals surface area contributed by atoms with E-state index in [0.29, 0.717) is 30.0 Å². The SMILES string of the molecule is CN(C)c1ccc(-c2nc(NCc3cc(-c4ccccc4)no3)nc(N)c2-c2cc(C3CC3)[nH]n2)cc1. The first-order valence-electron chi connectivity index (χ1n) is 12.3. The molecule has 5 aromatic rings. The van der Waals surface area contributed by atoms with Crippen molar-refractivity contribution in [3.05, 3.63) is 78.2 Å². The van der Waals surface area contributed by atoms with Crippen LogP contribution in [-0.4, -0.2) is 39.4 Å². The molecule has 9 nitrogen and oxygen atoms in total. The Balaban J connectivity index is 1.32. The van der Waals surface area contributed by atoms with E-state index in [1.165, 1.54) is 12.8 Å². The summed E-state index contributed by atoms with van der Waals surface area (Å²) < 4.78 is 5.53. The molecule has 3 heterocycles. The molecule has 1 aliphatic rings. The van der Waals surface area contributed by atoms with E-state index in [9.17, 15) is 0 Å². The number of nitrogens with one attached hydrogen (secondary N) is 2. The fraction of sp³-hybridized carbons (Fsp3) is 0.214. The fourth-order valence-electron chi connectivity index (χ4n) is 4.31. The Hall–Kier alpha value is -4.66. The predicted molar refractivity (Wildman–Crippen MR) is 145 cm³/mol. The van der Waals surface area contributed by atoms with Crippen LogP contribution >= 0.6 is 0 Å². The lowest BCUT2D eigenvalue weighted by atomic mass is 10.0. The minimum absolute atomic E-state index is 0.362. The molecule has 0 aliphatic heterocycles. The quantitative estimate of drug-likeness (QED) is 0.266. The summed E-state index contributed by atoms with van der Waals surface area (Å²) in [5, 5.41) is 15.2. The Morgan fingerprint density at radius 3 is 2.49 bits per heavy atom. The number of aromatic nitrogens is 5. The third kappa shape index (κ3) is 4.75. The topological polar surface area (TPSA) is 122 Å². The molecular weight excluding hydrogens is 464 g/mol. The van der Waals surface area contributed by atoms with Crippen LogP contribution in [0, 0.1) is 0 Å². The third-order valence-electron chi connectivity index (χ3n) is 6.51. The monoisotopic (exact) mass is 492 g/mol. The smallest absolute Gasteiger partial charge is 0.225 e. The van der Waals surface area contributed by atoms with Gasteiger partial charge in [-0.15, -0.1) is 0 Å². The first-order valence-corrected chi connectivity index (χ1v) is 12.3. The molecule has 186 valence electrons. The average Bonchev–Trinajstić information content (AvgIpc) is 3.46. The van der Waals surface area contributed by atoms with E-state index in [2.05, 4.69) is 48.8 Å². The molecule has 3 aromatic heterocycles. The zero-order valence-corrected chi connectivity index (χ0v) is 20.8. The molecule has 0 bridgehead atoms. The minimum Gasteiger partial charge on any atom is -0.383 e. The van der Waals surface area contributed by atoms with Crippen molar-refractivity contribution in [2.75, 3.05) is 30.0 Å². The highest BCUT2D eigenvalue weighted by Gasteiger charge is 2.27. The Morgan fingerprint density at radius 1 is 0.973 bits per heavy atom. The summed E-state index contributed by atoms with van der Waals surface area (Å²) in [4.78, 5) is 11.5. The molecule has 0 saturated heterocycles. The highest BCUT2D eigenvalue weighted by Crippen LogP contribution is 2.42. The van der Waals surface area contributed by atoms with Gasteiger partial charge in [0, 0.05) is 48.6 Å². The van der Waals surface area contributed by atoms with Gasteiger partial charge in [-0.3, -0.25) is 5.10 Å². The van der Waals surface area contributed by atoms with Gasteiger partial charge in [0.2, 0.25) is 5.95 Å². The molecule has 4 N–H and O–H groups in total. The standard InChI is InChI=1S/C28H28N8O/c1-36(2)20-12-10-19(11-13-20)26-25(24-15-22(33-34-24)18-8-9-18)27(29)32-28(31-26)30-16-21-14-23(35-37-21)17-6-4-3-5-7-17/h3-7,10-15,18H,8-9,16H2,1-2H3,(H,33,34)(H3,29,30,31,32). The van der Waals surface area contributed by atoms with Crippen molar-refractivity contribution in [2.45, 2.75) is 25.3 Å². The highest BCUT2D eigenvalue weighted by molar-refractivity contribution is 5.87. The summed E-state index contributed by atoms with van der Waals surface area (Å²) in [6, 6.07) is 22.1. The highest BCUT2D eigenvalue weighted by atomic mass is 16.5. The second kappa shape index (κ2) is 9.42. The molecule has 0 radical (unpaired) electrons. The Labute approximate surface area is 214 Å². The zero-order chi connectivity index (χ0) is 25.4. The second-order valence-corrected chi connectivity index (χ2v) is 9.48. The number of H-pyrrole nitrogens is 1. The number of anilines is 3. The van der Waals surface area contributed by atoms with Gasteiger partial charge in [0.15, 0.2) is 5.76 Å². The van der Waals surface area contributed by atoms with Crippen LogP contribution < -0.4 is 16.0 Å². The van der Waals surface area contributed by atoms with Gasteiger partial charge in [-0.2, -0.15) is 10.1 Å². The molecule has 37 heavy (non-hydrogen) atoms. The van der Waals surface area contributed by atoms with Crippen molar-refractivity contribution in [2.24, 2.45) is 0 Å². The number of hydrogen-bond donors (Lipinski definition) is 3. The lowest BCUT2D eigenvalue weighted by Gasteiger charge is -2.15. The van der Waals surface area contributed by atoms with Crippen molar-refractivity contribution in [3.63, 3.8) is 0 Å². The van der Waals surface area contributed by atoms with E-state index in [0.717, 1.165) is 45.2 Å².